The SMILES string of the molecule is CCN(CC)C(=O)CN(C)C(=O)c1cc(S(=O)(=O)NC)ccc1C. The van der Waals surface area contributed by atoms with Gasteiger partial charge in [0.15, 0.2) is 0 Å². The predicted octanol–water partition coefficient (Wildman–Crippen LogP) is 0.844. The Labute approximate surface area is 143 Å². The molecule has 2 amide bonds. The number of nitrogens with one attached hydrogen (secondary N) is 1. The van der Waals surface area contributed by atoms with Crippen molar-refractivity contribution in [3.63, 3.8) is 0 Å². The largest absolute Gasteiger partial charge is 0.342 e. The van der Waals surface area contributed by atoms with E-state index in [9.17, 15) is 18.0 Å². The van der Waals surface area contributed by atoms with Crippen molar-refractivity contribution in [2.24, 2.45) is 0 Å². The van der Waals surface area contributed by atoms with Crippen molar-refractivity contribution in [3.8, 4) is 0 Å². The number of nitrogens with zero attached hydrogens (tertiary/aromatic N) is 2. The summed E-state index contributed by atoms with van der Waals surface area (Å²) in [5.41, 5.74) is 0.915. The molecular formula is C16H25N3O4S. The van der Waals surface area contributed by atoms with Crippen LogP contribution in [-0.2, 0) is 14.8 Å². The second kappa shape index (κ2) is 8.25. The molecule has 0 aliphatic carbocycles. The monoisotopic (exact) mass is 355 g/mol. The Morgan fingerprint density at radius 1 is 1.17 bits per heavy atom. The molecule has 1 aromatic rings. The van der Waals surface area contributed by atoms with Crippen molar-refractivity contribution in [2.45, 2.75) is 25.7 Å². The quantitative estimate of drug-likeness (QED) is 0.785. The summed E-state index contributed by atoms with van der Waals surface area (Å²) in [4.78, 5) is 27.7. The lowest BCUT2D eigenvalue weighted by Crippen LogP contribution is -2.41. The zero-order chi connectivity index (χ0) is 18.5. The Balaban J connectivity index is 3.06. The van der Waals surface area contributed by atoms with E-state index in [4.69, 9.17) is 0 Å². The second-order valence-corrected chi connectivity index (χ2v) is 7.30. The molecular weight excluding hydrogens is 330 g/mol. The highest BCUT2D eigenvalue weighted by Crippen LogP contribution is 2.17. The van der Waals surface area contributed by atoms with Gasteiger partial charge in [0.05, 0.1) is 11.4 Å². The average Bonchev–Trinajstić information content (AvgIpc) is 2.55. The van der Waals surface area contributed by atoms with Gasteiger partial charge in [-0.25, -0.2) is 13.1 Å². The van der Waals surface area contributed by atoms with Gasteiger partial charge in [0.2, 0.25) is 15.9 Å². The molecule has 0 aliphatic rings. The first-order chi connectivity index (χ1) is 11.2. The van der Waals surface area contributed by atoms with Crippen molar-refractivity contribution >= 4 is 21.8 Å². The van der Waals surface area contributed by atoms with Crippen molar-refractivity contribution in [1.29, 1.82) is 0 Å². The summed E-state index contributed by atoms with van der Waals surface area (Å²) in [6, 6.07) is 4.36. The van der Waals surface area contributed by atoms with Crippen LogP contribution in [0.1, 0.15) is 29.8 Å². The van der Waals surface area contributed by atoms with Gasteiger partial charge in [0.1, 0.15) is 0 Å². The molecule has 1 rings (SSSR count). The molecule has 0 heterocycles. The van der Waals surface area contributed by atoms with Crippen LogP contribution in [-0.4, -0.2) is 63.8 Å². The first-order valence-electron chi connectivity index (χ1n) is 7.75. The van der Waals surface area contributed by atoms with Crippen LogP contribution in [0.25, 0.3) is 0 Å². The van der Waals surface area contributed by atoms with Crippen LogP contribution < -0.4 is 4.72 Å². The molecule has 1 N–H and O–H groups in total. The lowest BCUT2D eigenvalue weighted by Gasteiger charge is -2.23. The first kappa shape index (κ1) is 20.1. The lowest BCUT2D eigenvalue weighted by atomic mass is 10.1. The van der Waals surface area contributed by atoms with Crippen LogP contribution in [0, 0.1) is 6.92 Å². The molecule has 1 aromatic carbocycles. The zero-order valence-electron chi connectivity index (χ0n) is 14.8. The maximum atomic E-state index is 12.6. The van der Waals surface area contributed by atoms with E-state index in [0.29, 0.717) is 18.7 Å². The van der Waals surface area contributed by atoms with Crippen LogP contribution in [0.3, 0.4) is 0 Å². The smallest absolute Gasteiger partial charge is 0.254 e. The highest BCUT2D eigenvalue weighted by Gasteiger charge is 2.21. The average molecular weight is 355 g/mol. The number of benzene rings is 1. The second-order valence-electron chi connectivity index (χ2n) is 5.41. The molecule has 0 aromatic heterocycles. The van der Waals surface area contributed by atoms with Gasteiger partial charge < -0.3 is 9.80 Å². The predicted molar refractivity (Wildman–Crippen MR) is 92.3 cm³/mol. The minimum Gasteiger partial charge on any atom is -0.342 e. The van der Waals surface area contributed by atoms with Crippen LogP contribution in [0.5, 0.6) is 0 Å². The molecule has 0 aliphatic heterocycles. The van der Waals surface area contributed by atoms with Crippen molar-refractivity contribution in [1.82, 2.24) is 14.5 Å². The van der Waals surface area contributed by atoms with E-state index < -0.39 is 10.0 Å². The molecule has 0 fully saturated rings. The minimum atomic E-state index is -3.64. The molecule has 0 bridgehead atoms. The molecule has 8 heteroatoms. The Morgan fingerprint density at radius 3 is 2.25 bits per heavy atom. The summed E-state index contributed by atoms with van der Waals surface area (Å²) >= 11 is 0. The first-order valence-corrected chi connectivity index (χ1v) is 9.23. The number of hydrogen-bond donors (Lipinski definition) is 1. The number of likely N-dealkylation sites (N-methyl/N-ethyl adjacent to an activating group) is 2. The van der Waals surface area contributed by atoms with Gasteiger partial charge in [-0.1, -0.05) is 6.07 Å². The van der Waals surface area contributed by atoms with E-state index in [1.807, 2.05) is 13.8 Å². The summed E-state index contributed by atoms with van der Waals surface area (Å²) in [5, 5.41) is 0. The number of carbonyl (C=O) groups is 2. The van der Waals surface area contributed by atoms with E-state index >= 15 is 0 Å². The molecule has 0 unspecified atom stereocenters. The normalized spacial score (nSPS) is 11.2. The summed E-state index contributed by atoms with van der Waals surface area (Å²) in [5.74, 6) is -0.534. The Morgan fingerprint density at radius 2 is 1.75 bits per heavy atom. The molecule has 7 nitrogen and oxygen atoms in total. The third-order valence-electron chi connectivity index (χ3n) is 3.85. The molecule has 0 saturated carbocycles. The summed E-state index contributed by atoms with van der Waals surface area (Å²) in [6.45, 7) is 6.57. The molecule has 0 atom stereocenters. The molecule has 24 heavy (non-hydrogen) atoms. The van der Waals surface area contributed by atoms with E-state index in [0.717, 1.165) is 0 Å². The zero-order valence-corrected chi connectivity index (χ0v) is 15.6. The topological polar surface area (TPSA) is 86.8 Å². The van der Waals surface area contributed by atoms with E-state index in [1.54, 1.807) is 17.9 Å². The van der Waals surface area contributed by atoms with E-state index in [-0.39, 0.29) is 28.8 Å². The van der Waals surface area contributed by atoms with Crippen molar-refractivity contribution in [2.75, 3.05) is 33.7 Å². The van der Waals surface area contributed by atoms with Gasteiger partial charge in [-0.3, -0.25) is 9.59 Å². The highest BCUT2D eigenvalue weighted by molar-refractivity contribution is 7.89. The Bertz CT molecular complexity index is 712. The van der Waals surface area contributed by atoms with Gasteiger partial charge in [0, 0.05) is 25.7 Å². The molecule has 0 radical (unpaired) electrons. The Hall–Kier alpha value is -1.93. The number of rotatable bonds is 7. The lowest BCUT2D eigenvalue weighted by molar-refractivity contribution is -0.131. The standard InChI is InChI=1S/C16H25N3O4S/c1-6-19(7-2)15(20)11-18(5)16(21)14-10-13(9-8-12(14)3)24(22,23)17-4/h8-10,17H,6-7,11H2,1-5H3. The van der Waals surface area contributed by atoms with Crippen LogP contribution in [0.4, 0.5) is 0 Å². The van der Waals surface area contributed by atoms with Crippen LogP contribution >= 0.6 is 0 Å². The Kier molecular flexibility index (Phi) is 6.92. The number of sulfonamides is 1. The fraction of sp³-hybridized carbons (Fsp3) is 0.500. The summed E-state index contributed by atoms with van der Waals surface area (Å²) in [6.07, 6.45) is 0. The van der Waals surface area contributed by atoms with Gasteiger partial charge >= 0.3 is 0 Å². The number of hydrogen-bond acceptors (Lipinski definition) is 4. The van der Waals surface area contributed by atoms with Crippen LogP contribution in [0.2, 0.25) is 0 Å². The maximum Gasteiger partial charge on any atom is 0.254 e. The van der Waals surface area contributed by atoms with Crippen molar-refractivity contribution < 1.29 is 18.0 Å². The fourth-order valence-electron chi connectivity index (χ4n) is 2.27. The number of amides is 2. The van der Waals surface area contributed by atoms with E-state index in [2.05, 4.69) is 4.72 Å². The van der Waals surface area contributed by atoms with Crippen LogP contribution in [0.15, 0.2) is 23.1 Å². The van der Waals surface area contributed by atoms with Gasteiger partial charge in [-0.15, -0.1) is 0 Å². The minimum absolute atomic E-state index is 0.0161. The van der Waals surface area contributed by atoms with Gasteiger partial charge in [0.25, 0.3) is 5.91 Å². The van der Waals surface area contributed by atoms with Gasteiger partial charge in [-0.05, 0) is 45.5 Å². The molecule has 0 spiro atoms. The number of aryl methyl sites for hydroxylation is 1. The fourth-order valence-corrected chi connectivity index (χ4v) is 3.03. The third kappa shape index (κ3) is 4.55. The summed E-state index contributed by atoms with van der Waals surface area (Å²) in [7, 11) is -0.796. The molecule has 0 saturated heterocycles. The van der Waals surface area contributed by atoms with Crippen molar-refractivity contribution in [3.05, 3.63) is 29.3 Å². The van der Waals surface area contributed by atoms with E-state index in [1.165, 1.54) is 31.1 Å². The maximum absolute atomic E-state index is 12.6. The summed E-state index contributed by atoms with van der Waals surface area (Å²) < 4.78 is 26.0. The third-order valence-corrected chi connectivity index (χ3v) is 5.27. The highest BCUT2D eigenvalue weighted by atomic mass is 32.2. The van der Waals surface area contributed by atoms with Gasteiger partial charge in [-0.2, -0.15) is 0 Å². The number of carbonyl (C=O) groups excluding carboxylic acids is 2. The molecule has 134 valence electrons.